The van der Waals surface area contributed by atoms with Crippen molar-refractivity contribution in [3.05, 3.63) is 24.3 Å². The molecule has 1 atom stereocenters. The minimum absolute atomic E-state index is 0.0465. The highest BCUT2D eigenvalue weighted by molar-refractivity contribution is 7.89. The van der Waals surface area contributed by atoms with E-state index in [0.29, 0.717) is 6.54 Å². The van der Waals surface area contributed by atoms with E-state index in [4.69, 9.17) is 0 Å². The molecule has 1 unspecified atom stereocenters. The predicted molar refractivity (Wildman–Crippen MR) is 73.4 cm³/mol. The van der Waals surface area contributed by atoms with Gasteiger partial charge in [-0.05, 0) is 30.7 Å². The van der Waals surface area contributed by atoms with E-state index in [1.54, 1.807) is 29.2 Å². The van der Waals surface area contributed by atoms with Crippen molar-refractivity contribution in [2.45, 2.75) is 18.2 Å². The Morgan fingerprint density at radius 3 is 2.21 bits per heavy atom. The van der Waals surface area contributed by atoms with E-state index in [1.165, 1.54) is 18.4 Å². The van der Waals surface area contributed by atoms with Gasteiger partial charge in [0, 0.05) is 32.2 Å². The minimum Gasteiger partial charge on any atom is -0.312 e. The first-order chi connectivity index (χ1) is 8.84. The average molecular weight is 282 g/mol. The summed E-state index contributed by atoms with van der Waals surface area (Å²) in [5, 5.41) is 0. The number of anilines is 1. The lowest BCUT2D eigenvalue weighted by molar-refractivity contribution is -0.119. The third-order valence-electron chi connectivity index (χ3n) is 3.40. The highest BCUT2D eigenvalue weighted by atomic mass is 32.2. The lowest BCUT2D eigenvalue weighted by Gasteiger charge is -2.17. The van der Waals surface area contributed by atoms with E-state index in [0.717, 1.165) is 12.1 Å². The standard InChI is InChI=1S/C13H18N2O3S/c1-10-8-9-15(13(10)16)11-4-6-12(7-5-11)19(17,18)14(2)3/h4-7,10H,8-9H2,1-3H3. The van der Waals surface area contributed by atoms with Gasteiger partial charge in [-0.25, -0.2) is 12.7 Å². The summed E-state index contributed by atoms with van der Waals surface area (Å²) in [5.74, 6) is 0.147. The van der Waals surface area contributed by atoms with Crippen LogP contribution in [0.1, 0.15) is 13.3 Å². The molecule has 0 radical (unpaired) electrons. The molecule has 0 N–H and O–H groups in total. The summed E-state index contributed by atoms with van der Waals surface area (Å²) in [6.45, 7) is 2.60. The first-order valence-corrected chi connectivity index (χ1v) is 7.62. The van der Waals surface area contributed by atoms with Crippen LogP contribution >= 0.6 is 0 Å². The van der Waals surface area contributed by atoms with Gasteiger partial charge in [-0.15, -0.1) is 0 Å². The number of hydrogen-bond donors (Lipinski definition) is 0. The molecule has 1 heterocycles. The number of carbonyl (C=O) groups is 1. The summed E-state index contributed by atoms with van der Waals surface area (Å²) >= 11 is 0. The van der Waals surface area contributed by atoms with Crippen molar-refractivity contribution in [3.63, 3.8) is 0 Å². The van der Waals surface area contributed by atoms with E-state index in [9.17, 15) is 13.2 Å². The van der Waals surface area contributed by atoms with Gasteiger partial charge in [-0.1, -0.05) is 6.92 Å². The van der Waals surface area contributed by atoms with Crippen LogP contribution in [0.25, 0.3) is 0 Å². The summed E-state index contributed by atoms with van der Waals surface area (Å²) in [7, 11) is -0.422. The molecule has 1 aliphatic heterocycles. The Morgan fingerprint density at radius 2 is 1.79 bits per heavy atom. The van der Waals surface area contributed by atoms with Crippen LogP contribution in [-0.2, 0) is 14.8 Å². The summed E-state index contributed by atoms with van der Waals surface area (Å²) in [5.41, 5.74) is 0.757. The summed E-state index contributed by atoms with van der Waals surface area (Å²) in [6.07, 6.45) is 0.844. The predicted octanol–water partition coefficient (Wildman–Crippen LogP) is 1.31. The van der Waals surface area contributed by atoms with Gasteiger partial charge < -0.3 is 4.90 Å². The molecule has 2 rings (SSSR count). The maximum Gasteiger partial charge on any atom is 0.242 e. The fraction of sp³-hybridized carbons (Fsp3) is 0.462. The summed E-state index contributed by atoms with van der Waals surface area (Å²) in [4.78, 5) is 13.8. The smallest absolute Gasteiger partial charge is 0.242 e. The molecular weight excluding hydrogens is 264 g/mol. The van der Waals surface area contributed by atoms with Crippen molar-refractivity contribution in [2.75, 3.05) is 25.5 Å². The highest BCUT2D eigenvalue weighted by Gasteiger charge is 2.29. The molecule has 0 aromatic heterocycles. The summed E-state index contributed by atoms with van der Waals surface area (Å²) < 4.78 is 25.0. The van der Waals surface area contributed by atoms with E-state index in [1.807, 2.05) is 6.92 Å². The van der Waals surface area contributed by atoms with Gasteiger partial charge in [0.05, 0.1) is 4.90 Å². The molecule has 0 bridgehead atoms. The second kappa shape index (κ2) is 4.94. The van der Waals surface area contributed by atoms with Crippen LogP contribution in [0.4, 0.5) is 5.69 Å². The average Bonchev–Trinajstić information content (AvgIpc) is 2.70. The molecule has 5 nitrogen and oxygen atoms in total. The topological polar surface area (TPSA) is 57.7 Å². The first-order valence-electron chi connectivity index (χ1n) is 6.18. The molecule has 1 saturated heterocycles. The highest BCUT2D eigenvalue weighted by Crippen LogP contribution is 2.26. The second-order valence-corrected chi connectivity index (χ2v) is 7.11. The van der Waals surface area contributed by atoms with Gasteiger partial charge in [0.2, 0.25) is 15.9 Å². The molecule has 0 spiro atoms. The number of rotatable bonds is 3. The fourth-order valence-corrected chi connectivity index (χ4v) is 2.99. The van der Waals surface area contributed by atoms with Crippen LogP contribution in [0.2, 0.25) is 0 Å². The van der Waals surface area contributed by atoms with E-state index in [-0.39, 0.29) is 16.7 Å². The van der Waals surface area contributed by atoms with Crippen molar-refractivity contribution < 1.29 is 13.2 Å². The molecule has 1 fully saturated rings. The molecule has 1 aromatic carbocycles. The van der Waals surface area contributed by atoms with Crippen LogP contribution in [0.15, 0.2) is 29.2 Å². The van der Waals surface area contributed by atoms with Crippen molar-refractivity contribution >= 4 is 21.6 Å². The summed E-state index contributed by atoms with van der Waals surface area (Å²) in [6, 6.07) is 6.46. The number of amides is 1. The Balaban J connectivity index is 2.27. The number of nitrogens with zero attached hydrogens (tertiary/aromatic N) is 2. The largest absolute Gasteiger partial charge is 0.312 e. The van der Waals surface area contributed by atoms with Gasteiger partial charge in [0.25, 0.3) is 0 Å². The van der Waals surface area contributed by atoms with Crippen LogP contribution in [0.3, 0.4) is 0 Å². The first kappa shape index (κ1) is 14.0. The fourth-order valence-electron chi connectivity index (χ4n) is 2.09. The molecule has 1 aliphatic rings. The zero-order chi connectivity index (χ0) is 14.2. The molecule has 1 aromatic rings. The third-order valence-corrected chi connectivity index (χ3v) is 5.23. The number of benzene rings is 1. The van der Waals surface area contributed by atoms with E-state index >= 15 is 0 Å². The monoisotopic (exact) mass is 282 g/mol. The van der Waals surface area contributed by atoms with Crippen LogP contribution in [-0.4, -0.2) is 39.3 Å². The molecular formula is C13H18N2O3S. The van der Waals surface area contributed by atoms with E-state index < -0.39 is 10.0 Å². The van der Waals surface area contributed by atoms with Gasteiger partial charge in [-0.3, -0.25) is 4.79 Å². The maximum atomic E-state index is 11.9. The van der Waals surface area contributed by atoms with Crippen LogP contribution < -0.4 is 4.90 Å². The van der Waals surface area contributed by atoms with Crippen molar-refractivity contribution in [1.82, 2.24) is 4.31 Å². The minimum atomic E-state index is -3.41. The SMILES string of the molecule is CC1CCN(c2ccc(S(=O)(=O)N(C)C)cc2)C1=O. The Bertz CT molecular complexity index is 578. The van der Waals surface area contributed by atoms with Crippen molar-refractivity contribution in [2.24, 2.45) is 5.92 Å². The molecule has 0 aliphatic carbocycles. The van der Waals surface area contributed by atoms with Crippen molar-refractivity contribution in [3.8, 4) is 0 Å². The number of carbonyl (C=O) groups excluding carboxylic acids is 1. The lowest BCUT2D eigenvalue weighted by atomic mass is 10.1. The number of sulfonamides is 1. The Morgan fingerprint density at radius 1 is 1.21 bits per heavy atom. The molecule has 1 amide bonds. The molecule has 0 saturated carbocycles. The van der Waals surface area contributed by atoms with Gasteiger partial charge in [0.15, 0.2) is 0 Å². The quantitative estimate of drug-likeness (QED) is 0.840. The Labute approximate surface area is 113 Å². The molecule has 6 heteroatoms. The zero-order valence-corrected chi connectivity index (χ0v) is 12.1. The van der Waals surface area contributed by atoms with Gasteiger partial charge >= 0.3 is 0 Å². The molecule has 19 heavy (non-hydrogen) atoms. The zero-order valence-electron chi connectivity index (χ0n) is 11.3. The number of hydrogen-bond acceptors (Lipinski definition) is 3. The van der Waals surface area contributed by atoms with E-state index in [2.05, 4.69) is 0 Å². The Kier molecular flexibility index (Phi) is 3.64. The lowest BCUT2D eigenvalue weighted by Crippen LogP contribution is -2.26. The molecule has 104 valence electrons. The van der Waals surface area contributed by atoms with Crippen molar-refractivity contribution in [1.29, 1.82) is 0 Å². The second-order valence-electron chi connectivity index (χ2n) is 4.96. The van der Waals surface area contributed by atoms with Crippen LogP contribution in [0, 0.1) is 5.92 Å². The third kappa shape index (κ3) is 2.50. The van der Waals surface area contributed by atoms with Crippen LogP contribution in [0.5, 0.6) is 0 Å². The Hall–Kier alpha value is -1.40. The normalized spacial score (nSPS) is 20.3. The van der Waals surface area contributed by atoms with Gasteiger partial charge in [0.1, 0.15) is 0 Å². The maximum absolute atomic E-state index is 11.9. The van der Waals surface area contributed by atoms with Gasteiger partial charge in [-0.2, -0.15) is 0 Å².